The molecule has 1 saturated heterocycles. The van der Waals surface area contributed by atoms with E-state index in [1.54, 1.807) is 23.6 Å². The number of benzene rings is 1. The van der Waals surface area contributed by atoms with E-state index in [9.17, 15) is 4.79 Å². The van der Waals surface area contributed by atoms with Crippen molar-refractivity contribution in [3.8, 4) is 10.4 Å². The molecular weight excluding hydrogens is 370 g/mol. The van der Waals surface area contributed by atoms with Crippen molar-refractivity contribution in [1.29, 1.82) is 0 Å². The highest BCUT2D eigenvalue weighted by Crippen LogP contribution is 2.28. The largest absolute Gasteiger partial charge is 0.378 e. The Bertz CT molecular complexity index is 945. The van der Waals surface area contributed by atoms with E-state index >= 15 is 0 Å². The molecule has 5 nitrogen and oxygen atoms in total. The summed E-state index contributed by atoms with van der Waals surface area (Å²) in [5.74, 6) is 0.736. The minimum Gasteiger partial charge on any atom is -0.378 e. The maximum Gasteiger partial charge on any atom is 0.248 e. The number of aromatic nitrogens is 1. The van der Waals surface area contributed by atoms with Gasteiger partial charge in [-0.1, -0.05) is 30.3 Å². The normalized spacial score (nSPS) is 14.4. The third kappa shape index (κ3) is 4.65. The van der Waals surface area contributed by atoms with E-state index in [0.717, 1.165) is 37.0 Å². The summed E-state index contributed by atoms with van der Waals surface area (Å²) in [6.07, 6.45) is 5.08. The highest BCUT2D eigenvalue weighted by atomic mass is 32.1. The number of amides is 1. The van der Waals surface area contributed by atoms with Gasteiger partial charge in [-0.25, -0.2) is 4.98 Å². The van der Waals surface area contributed by atoms with Gasteiger partial charge in [-0.05, 0) is 35.9 Å². The monoisotopic (exact) mass is 391 g/mol. The Kier molecular flexibility index (Phi) is 5.80. The van der Waals surface area contributed by atoms with Crippen LogP contribution in [0.1, 0.15) is 4.88 Å². The molecule has 28 heavy (non-hydrogen) atoms. The van der Waals surface area contributed by atoms with Gasteiger partial charge < -0.3 is 15.0 Å². The first-order valence-electron chi connectivity index (χ1n) is 9.21. The molecule has 2 aromatic heterocycles. The van der Waals surface area contributed by atoms with Gasteiger partial charge in [-0.3, -0.25) is 4.79 Å². The lowest BCUT2D eigenvalue weighted by Crippen LogP contribution is -2.36. The third-order valence-electron chi connectivity index (χ3n) is 4.43. The highest BCUT2D eigenvalue weighted by Gasteiger charge is 2.12. The molecule has 4 rings (SSSR count). The Hall–Kier alpha value is -2.96. The second-order valence-corrected chi connectivity index (χ2v) is 7.51. The third-order valence-corrected chi connectivity index (χ3v) is 5.53. The summed E-state index contributed by atoms with van der Waals surface area (Å²) >= 11 is 1.66. The number of hydrogen-bond acceptors (Lipinski definition) is 5. The Labute approximate surface area is 168 Å². The summed E-state index contributed by atoms with van der Waals surface area (Å²) in [5.41, 5.74) is 1.87. The first kappa shape index (κ1) is 18.4. The summed E-state index contributed by atoms with van der Waals surface area (Å²) in [7, 11) is 0. The van der Waals surface area contributed by atoms with Crippen molar-refractivity contribution in [3.63, 3.8) is 0 Å². The van der Waals surface area contributed by atoms with E-state index in [0.29, 0.717) is 5.69 Å². The summed E-state index contributed by atoms with van der Waals surface area (Å²) < 4.78 is 5.35. The minimum atomic E-state index is -0.171. The lowest BCUT2D eigenvalue weighted by molar-refractivity contribution is -0.111. The fourth-order valence-corrected chi connectivity index (χ4v) is 3.90. The van der Waals surface area contributed by atoms with Crippen molar-refractivity contribution in [2.24, 2.45) is 0 Å². The summed E-state index contributed by atoms with van der Waals surface area (Å²) in [6, 6.07) is 18.1. The minimum absolute atomic E-state index is 0.171. The van der Waals surface area contributed by atoms with Crippen molar-refractivity contribution in [1.82, 2.24) is 4.98 Å². The molecule has 0 spiro atoms. The van der Waals surface area contributed by atoms with Crippen molar-refractivity contribution in [3.05, 3.63) is 71.7 Å². The SMILES string of the molecule is O=C(/C=C/c1ccc(-c2ccccc2)s1)Nc1ccc(N2CCOCC2)nc1. The van der Waals surface area contributed by atoms with Crippen LogP contribution >= 0.6 is 11.3 Å². The predicted octanol–water partition coefficient (Wildman–Crippen LogP) is 4.30. The van der Waals surface area contributed by atoms with Gasteiger partial charge in [0, 0.05) is 28.9 Å². The Morgan fingerprint density at radius 2 is 1.89 bits per heavy atom. The van der Waals surface area contributed by atoms with Gasteiger partial charge in [0.05, 0.1) is 25.1 Å². The summed E-state index contributed by atoms with van der Waals surface area (Å²) in [4.78, 5) is 21.0. The molecule has 1 aliphatic rings. The van der Waals surface area contributed by atoms with Crippen LogP contribution in [0.3, 0.4) is 0 Å². The van der Waals surface area contributed by atoms with Gasteiger partial charge in [0.15, 0.2) is 0 Å². The lowest BCUT2D eigenvalue weighted by Gasteiger charge is -2.27. The van der Waals surface area contributed by atoms with Crippen molar-refractivity contribution in [2.45, 2.75) is 0 Å². The van der Waals surface area contributed by atoms with E-state index < -0.39 is 0 Å². The number of hydrogen-bond donors (Lipinski definition) is 1. The van der Waals surface area contributed by atoms with E-state index in [1.807, 2.05) is 42.5 Å². The Morgan fingerprint density at radius 1 is 1.07 bits per heavy atom. The molecule has 0 bridgehead atoms. The zero-order valence-electron chi connectivity index (χ0n) is 15.4. The van der Waals surface area contributed by atoms with Gasteiger partial charge in [0.25, 0.3) is 0 Å². The molecule has 1 fully saturated rings. The second-order valence-electron chi connectivity index (χ2n) is 6.40. The lowest BCUT2D eigenvalue weighted by atomic mass is 10.2. The highest BCUT2D eigenvalue weighted by molar-refractivity contribution is 7.16. The summed E-state index contributed by atoms with van der Waals surface area (Å²) in [5, 5.41) is 2.85. The van der Waals surface area contributed by atoms with E-state index in [1.165, 1.54) is 10.4 Å². The summed E-state index contributed by atoms with van der Waals surface area (Å²) in [6.45, 7) is 3.12. The molecule has 142 valence electrons. The molecule has 0 atom stereocenters. The smallest absolute Gasteiger partial charge is 0.248 e. The van der Waals surface area contributed by atoms with Crippen LogP contribution in [0.4, 0.5) is 11.5 Å². The molecule has 1 aromatic carbocycles. The van der Waals surface area contributed by atoms with Crippen LogP contribution in [0.25, 0.3) is 16.5 Å². The first-order valence-corrected chi connectivity index (χ1v) is 10.0. The number of thiophene rings is 1. The van der Waals surface area contributed by atoms with Gasteiger partial charge in [-0.15, -0.1) is 11.3 Å². The molecule has 1 N–H and O–H groups in total. The molecule has 0 radical (unpaired) electrons. The number of anilines is 2. The van der Waals surface area contributed by atoms with Crippen molar-refractivity contribution < 1.29 is 9.53 Å². The fourth-order valence-electron chi connectivity index (χ4n) is 2.98. The number of rotatable bonds is 5. The van der Waals surface area contributed by atoms with Crippen LogP contribution < -0.4 is 10.2 Å². The molecule has 0 saturated carbocycles. The zero-order valence-corrected chi connectivity index (χ0v) is 16.2. The molecule has 6 heteroatoms. The number of nitrogens with zero attached hydrogens (tertiary/aromatic N) is 2. The predicted molar refractivity (Wildman–Crippen MR) is 115 cm³/mol. The van der Waals surface area contributed by atoms with Crippen molar-refractivity contribution >= 4 is 34.8 Å². The Balaban J connectivity index is 1.34. The van der Waals surface area contributed by atoms with Crippen LogP contribution in [0.15, 0.2) is 66.9 Å². The van der Waals surface area contributed by atoms with Gasteiger partial charge in [0.1, 0.15) is 5.82 Å². The molecule has 3 heterocycles. The van der Waals surface area contributed by atoms with Crippen LogP contribution in [0, 0.1) is 0 Å². The number of carbonyl (C=O) groups excluding carboxylic acids is 1. The maximum atomic E-state index is 12.2. The molecule has 1 amide bonds. The maximum absolute atomic E-state index is 12.2. The Morgan fingerprint density at radius 3 is 2.64 bits per heavy atom. The quantitative estimate of drug-likeness (QED) is 0.659. The van der Waals surface area contributed by atoms with Crippen LogP contribution in [-0.4, -0.2) is 37.2 Å². The fraction of sp³-hybridized carbons (Fsp3) is 0.182. The van der Waals surface area contributed by atoms with Gasteiger partial charge in [-0.2, -0.15) is 0 Å². The number of carbonyl (C=O) groups is 1. The standard InChI is InChI=1S/C22H21N3O2S/c26-22(11-8-19-7-9-20(28-19)17-4-2-1-3-5-17)24-18-6-10-21(23-16-18)25-12-14-27-15-13-25/h1-11,16H,12-15H2,(H,24,26)/b11-8+. The number of pyridine rings is 1. The number of morpholine rings is 1. The van der Waals surface area contributed by atoms with Crippen molar-refractivity contribution in [2.75, 3.05) is 36.5 Å². The van der Waals surface area contributed by atoms with Crippen LogP contribution in [-0.2, 0) is 9.53 Å². The van der Waals surface area contributed by atoms with Crippen LogP contribution in [0.2, 0.25) is 0 Å². The van der Waals surface area contributed by atoms with E-state index in [2.05, 4.69) is 33.4 Å². The zero-order chi connectivity index (χ0) is 19.2. The second kappa shape index (κ2) is 8.82. The number of nitrogens with one attached hydrogen (secondary N) is 1. The molecular formula is C22H21N3O2S. The first-order chi connectivity index (χ1) is 13.8. The molecule has 3 aromatic rings. The average Bonchev–Trinajstić information content (AvgIpc) is 3.23. The molecule has 1 aliphatic heterocycles. The number of ether oxygens (including phenoxy) is 1. The molecule has 0 aliphatic carbocycles. The van der Waals surface area contributed by atoms with E-state index in [-0.39, 0.29) is 5.91 Å². The van der Waals surface area contributed by atoms with Crippen LogP contribution in [0.5, 0.6) is 0 Å². The van der Waals surface area contributed by atoms with Gasteiger partial charge >= 0.3 is 0 Å². The van der Waals surface area contributed by atoms with E-state index in [4.69, 9.17) is 4.74 Å². The average molecular weight is 391 g/mol. The van der Waals surface area contributed by atoms with Gasteiger partial charge in [0.2, 0.25) is 5.91 Å². The molecule has 0 unspecified atom stereocenters. The topological polar surface area (TPSA) is 54.5 Å².